The van der Waals surface area contributed by atoms with Gasteiger partial charge in [0.25, 0.3) is 0 Å². The van der Waals surface area contributed by atoms with Crippen LogP contribution in [0.25, 0.3) is 0 Å². The molecule has 0 saturated heterocycles. The van der Waals surface area contributed by atoms with Gasteiger partial charge in [0.15, 0.2) is 0 Å². The standard InChI is InChI=1S/C19H38N2O4/c1-9-17(3,4)16(18(5,6)10-2)25-12-19(7,8)21-15(24)13(20)11-14(22)23/h13,16H,9-12,20H2,1-8H3,(H,21,24)(H,22,23)/t13-/m0/s1. The average Bonchev–Trinajstić information content (AvgIpc) is 2.45. The number of hydrogen-bond donors (Lipinski definition) is 3. The minimum Gasteiger partial charge on any atom is -0.481 e. The third kappa shape index (κ3) is 7.74. The number of carboxylic acid groups (broad SMARTS) is 1. The van der Waals surface area contributed by atoms with Crippen molar-refractivity contribution in [1.82, 2.24) is 5.32 Å². The van der Waals surface area contributed by atoms with Crippen LogP contribution in [0.15, 0.2) is 0 Å². The van der Waals surface area contributed by atoms with Crippen LogP contribution in [0.1, 0.15) is 74.7 Å². The molecule has 0 rings (SSSR count). The molecule has 0 aromatic rings. The zero-order valence-corrected chi connectivity index (χ0v) is 17.2. The summed E-state index contributed by atoms with van der Waals surface area (Å²) in [5.41, 5.74) is 4.99. The summed E-state index contributed by atoms with van der Waals surface area (Å²) in [6.45, 7) is 17.1. The number of aliphatic carboxylic acids is 1. The highest BCUT2D eigenvalue weighted by Crippen LogP contribution is 2.41. The van der Waals surface area contributed by atoms with Crippen molar-refractivity contribution in [1.29, 1.82) is 0 Å². The number of carboxylic acids is 1. The normalized spacial score (nSPS) is 14.5. The SMILES string of the molecule is CCC(C)(C)C(OCC(C)(C)NC(=O)[C@@H](N)CC(=O)O)C(C)(C)CC. The summed E-state index contributed by atoms with van der Waals surface area (Å²) < 4.78 is 6.31. The van der Waals surface area contributed by atoms with Gasteiger partial charge in [-0.05, 0) is 37.5 Å². The van der Waals surface area contributed by atoms with E-state index in [0.717, 1.165) is 12.8 Å². The van der Waals surface area contributed by atoms with E-state index in [0.29, 0.717) is 6.61 Å². The fourth-order valence-electron chi connectivity index (χ4n) is 2.91. The first-order valence-electron chi connectivity index (χ1n) is 9.09. The Kier molecular flexibility index (Phi) is 8.58. The Labute approximate surface area is 152 Å². The molecular formula is C19H38N2O4. The number of carbonyl (C=O) groups is 2. The first kappa shape index (κ1) is 23.9. The summed E-state index contributed by atoms with van der Waals surface area (Å²) >= 11 is 0. The highest BCUT2D eigenvalue weighted by atomic mass is 16.5. The molecule has 0 saturated carbocycles. The van der Waals surface area contributed by atoms with E-state index in [4.69, 9.17) is 15.6 Å². The maximum Gasteiger partial charge on any atom is 0.305 e. The third-order valence-electron chi connectivity index (χ3n) is 5.05. The average molecular weight is 359 g/mol. The lowest BCUT2D eigenvalue weighted by Gasteiger charge is -2.45. The second-order valence-corrected chi connectivity index (χ2v) is 8.95. The van der Waals surface area contributed by atoms with Crippen LogP contribution >= 0.6 is 0 Å². The van der Waals surface area contributed by atoms with Crippen LogP contribution < -0.4 is 11.1 Å². The number of ether oxygens (including phenoxy) is 1. The predicted octanol–water partition coefficient (Wildman–Crippen LogP) is 2.94. The second-order valence-electron chi connectivity index (χ2n) is 8.95. The topological polar surface area (TPSA) is 102 Å². The van der Waals surface area contributed by atoms with Crippen molar-refractivity contribution in [2.45, 2.75) is 92.3 Å². The summed E-state index contributed by atoms with van der Waals surface area (Å²) in [6, 6.07) is -1.06. The molecule has 1 atom stereocenters. The van der Waals surface area contributed by atoms with E-state index in [-0.39, 0.29) is 16.9 Å². The molecule has 6 nitrogen and oxygen atoms in total. The molecule has 0 bridgehead atoms. The van der Waals surface area contributed by atoms with Crippen molar-refractivity contribution in [3.8, 4) is 0 Å². The zero-order valence-electron chi connectivity index (χ0n) is 17.2. The van der Waals surface area contributed by atoms with Gasteiger partial charge >= 0.3 is 5.97 Å². The number of hydrogen-bond acceptors (Lipinski definition) is 4. The number of rotatable bonds is 11. The van der Waals surface area contributed by atoms with Crippen molar-refractivity contribution in [3.05, 3.63) is 0 Å². The highest BCUT2D eigenvalue weighted by Gasteiger charge is 2.40. The molecule has 0 spiro atoms. The summed E-state index contributed by atoms with van der Waals surface area (Å²) in [7, 11) is 0. The van der Waals surface area contributed by atoms with E-state index in [1.165, 1.54) is 0 Å². The summed E-state index contributed by atoms with van der Waals surface area (Å²) in [6.07, 6.45) is 1.60. The third-order valence-corrected chi connectivity index (χ3v) is 5.05. The maximum atomic E-state index is 12.1. The van der Waals surface area contributed by atoms with E-state index >= 15 is 0 Å². The minimum atomic E-state index is -1.09. The van der Waals surface area contributed by atoms with Gasteiger partial charge in [0.1, 0.15) is 0 Å². The van der Waals surface area contributed by atoms with Gasteiger partial charge < -0.3 is 20.9 Å². The lowest BCUT2D eigenvalue weighted by atomic mass is 9.69. The number of carbonyl (C=O) groups excluding carboxylic acids is 1. The molecular weight excluding hydrogens is 320 g/mol. The molecule has 0 aliphatic carbocycles. The van der Waals surface area contributed by atoms with Gasteiger partial charge in [0, 0.05) is 0 Å². The Morgan fingerprint density at radius 3 is 1.84 bits per heavy atom. The minimum absolute atomic E-state index is 0.000685. The van der Waals surface area contributed by atoms with Gasteiger partial charge in [-0.25, -0.2) is 0 Å². The van der Waals surface area contributed by atoms with E-state index in [9.17, 15) is 9.59 Å². The van der Waals surface area contributed by atoms with E-state index in [1.54, 1.807) is 0 Å². The number of amides is 1. The monoisotopic (exact) mass is 358 g/mol. The molecule has 0 aromatic carbocycles. The van der Waals surface area contributed by atoms with E-state index in [2.05, 4.69) is 46.9 Å². The number of nitrogens with one attached hydrogen (secondary N) is 1. The maximum absolute atomic E-state index is 12.1. The zero-order chi connectivity index (χ0) is 20.1. The lowest BCUT2D eigenvalue weighted by molar-refractivity contribution is -0.140. The van der Waals surface area contributed by atoms with Crippen LogP contribution in [0.2, 0.25) is 0 Å². The quantitative estimate of drug-likeness (QED) is 0.527. The molecule has 0 heterocycles. The first-order chi connectivity index (χ1) is 11.2. The molecule has 0 aliphatic rings. The fraction of sp³-hybridized carbons (Fsp3) is 0.895. The molecule has 148 valence electrons. The molecule has 6 heteroatoms. The van der Waals surface area contributed by atoms with Gasteiger partial charge in [-0.15, -0.1) is 0 Å². The fourth-order valence-corrected chi connectivity index (χ4v) is 2.91. The summed E-state index contributed by atoms with van der Waals surface area (Å²) in [5.74, 6) is -1.57. The van der Waals surface area contributed by atoms with Gasteiger partial charge in [-0.1, -0.05) is 41.5 Å². The van der Waals surface area contributed by atoms with Crippen LogP contribution in [0.3, 0.4) is 0 Å². The van der Waals surface area contributed by atoms with Crippen LogP contribution in [-0.2, 0) is 14.3 Å². The molecule has 0 radical (unpaired) electrons. The lowest BCUT2D eigenvalue weighted by Crippen LogP contribution is -2.55. The van der Waals surface area contributed by atoms with Crippen molar-refractivity contribution >= 4 is 11.9 Å². The van der Waals surface area contributed by atoms with Crippen molar-refractivity contribution in [2.24, 2.45) is 16.6 Å². The summed E-state index contributed by atoms with van der Waals surface area (Å²) in [5, 5.41) is 11.6. The Morgan fingerprint density at radius 2 is 1.48 bits per heavy atom. The van der Waals surface area contributed by atoms with Gasteiger partial charge in [-0.2, -0.15) is 0 Å². The molecule has 4 N–H and O–H groups in total. The van der Waals surface area contributed by atoms with E-state index in [1.807, 2.05) is 13.8 Å². The Morgan fingerprint density at radius 1 is 1.04 bits per heavy atom. The molecule has 1 amide bonds. The van der Waals surface area contributed by atoms with E-state index < -0.39 is 29.9 Å². The van der Waals surface area contributed by atoms with Crippen LogP contribution in [0.5, 0.6) is 0 Å². The first-order valence-corrected chi connectivity index (χ1v) is 9.09. The predicted molar refractivity (Wildman–Crippen MR) is 100 cm³/mol. The highest BCUT2D eigenvalue weighted by molar-refractivity contribution is 5.86. The van der Waals surface area contributed by atoms with Crippen LogP contribution in [0, 0.1) is 10.8 Å². The van der Waals surface area contributed by atoms with Crippen molar-refractivity contribution in [2.75, 3.05) is 6.61 Å². The summed E-state index contributed by atoms with van der Waals surface area (Å²) in [4.78, 5) is 22.8. The van der Waals surface area contributed by atoms with Crippen LogP contribution in [0.4, 0.5) is 0 Å². The molecule has 0 aromatic heterocycles. The second kappa shape index (κ2) is 8.99. The van der Waals surface area contributed by atoms with Crippen molar-refractivity contribution < 1.29 is 19.4 Å². The van der Waals surface area contributed by atoms with Crippen LogP contribution in [-0.4, -0.2) is 41.3 Å². The Balaban J connectivity index is 5.02. The Bertz CT molecular complexity index is 442. The van der Waals surface area contributed by atoms with Gasteiger partial charge in [0.2, 0.25) is 5.91 Å². The molecule has 0 fully saturated rings. The van der Waals surface area contributed by atoms with Gasteiger partial charge in [0.05, 0.1) is 30.7 Å². The molecule has 0 unspecified atom stereocenters. The smallest absolute Gasteiger partial charge is 0.305 e. The Hall–Kier alpha value is -1.14. The largest absolute Gasteiger partial charge is 0.481 e. The molecule has 25 heavy (non-hydrogen) atoms. The van der Waals surface area contributed by atoms with Crippen molar-refractivity contribution in [3.63, 3.8) is 0 Å². The van der Waals surface area contributed by atoms with Gasteiger partial charge in [-0.3, -0.25) is 9.59 Å². The number of nitrogens with two attached hydrogens (primary N) is 1. The molecule has 0 aliphatic heterocycles.